The van der Waals surface area contributed by atoms with Crippen LogP contribution in [0.1, 0.15) is 11.6 Å². The quantitative estimate of drug-likeness (QED) is 0.874. The third kappa shape index (κ3) is 3.86. The van der Waals surface area contributed by atoms with Gasteiger partial charge in [0.05, 0.1) is 5.75 Å². The van der Waals surface area contributed by atoms with Crippen LogP contribution < -0.4 is 5.32 Å². The third-order valence-electron chi connectivity index (χ3n) is 2.11. The minimum atomic E-state index is -3.22. The minimum absolute atomic E-state index is 0.202. The molecule has 16 heavy (non-hydrogen) atoms. The Morgan fingerprint density at radius 1 is 1.25 bits per heavy atom. The number of nitrogens with one attached hydrogen (secondary N) is 1. The molecule has 1 unspecified atom stereocenters. The average Bonchev–Trinajstić information content (AvgIpc) is 2.11. The molecule has 1 aromatic carbocycles. The van der Waals surface area contributed by atoms with E-state index in [0.29, 0.717) is 0 Å². The van der Waals surface area contributed by atoms with Gasteiger partial charge in [-0.1, -0.05) is 0 Å². The predicted molar refractivity (Wildman–Crippen MR) is 57.9 cm³/mol. The zero-order valence-corrected chi connectivity index (χ0v) is 9.81. The van der Waals surface area contributed by atoms with Gasteiger partial charge in [-0.2, -0.15) is 0 Å². The standard InChI is InChI=1S/C10H13F2NO2S/c1-13-10(6-16(2,14)15)7-3-8(11)5-9(12)4-7/h3-5,10,13H,6H2,1-2H3. The highest BCUT2D eigenvalue weighted by Crippen LogP contribution is 2.17. The van der Waals surface area contributed by atoms with Crippen LogP contribution in [0.5, 0.6) is 0 Å². The maximum atomic E-state index is 12.9. The normalized spacial score (nSPS) is 13.8. The first-order valence-electron chi connectivity index (χ1n) is 4.63. The number of hydrogen-bond donors (Lipinski definition) is 1. The largest absolute Gasteiger partial charge is 0.312 e. The van der Waals surface area contributed by atoms with Crippen molar-refractivity contribution in [3.63, 3.8) is 0 Å². The predicted octanol–water partition coefficient (Wildman–Crippen LogP) is 1.27. The number of rotatable bonds is 4. The lowest BCUT2D eigenvalue weighted by Crippen LogP contribution is -2.24. The first kappa shape index (κ1) is 13.1. The Morgan fingerprint density at radius 2 is 1.75 bits per heavy atom. The molecular weight excluding hydrogens is 236 g/mol. The summed E-state index contributed by atoms with van der Waals surface area (Å²) >= 11 is 0. The molecule has 1 N–H and O–H groups in total. The van der Waals surface area contributed by atoms with Crippen LogP contribution in [0.15, 0.2) is 18.2 Å². The van der Waals surface area contributed by atoms with E-state index in [0.717, 1.165) is 24.5 Å². The Hall–Kier alpha value is -1.01. The lowest BCUT2D eigenvalue weighted by molar-refractivity contribution is 0.557. The molecule has 0 heterocycles. The van der Waals surface area contributed by atoms with Crippen molar-refractivity contribution in [2.75, 3.05) is 19.1 Å². The molecular formula is C10H13F2NO2S. The Labute approximate surface area is 93.4 Å². The Balaban J connectivity index is 3.04. The summed E-state index contributed by atoms with van der Waals surface area (Å²) in [6.45, 7) is 0. The molecule has 6 heteroatoms. The summed E-state index contributed by atoms with van der Waals surface area (Å²) in [6.07, 6.45) is 1.08. The van der Waals surface area contributed by atoms with Gasteiger partial charge in [-0.05, 0) is 24.7 Å². The molecule has 0 bridgehead atoms. The summed E-state index contributed by atoms with van der Waals surface area (Å²) in [5, 5.41) is 2.72. The highest BCUT2D eigenvalue weighted by atomic mass is 32.2. The van der Waals surface area contributed by atoms with Crippen molar-refractivity contribution >= 4 is 9.84 Å². The van der Waals surface area contributed by atoms with Crippen molar-refractivity contribution in [3.8, 4) is 0 Å². The first-order valence-corrected chi connectivity index (χ1v) is 6.69. The Bertz CT molecular complexity index is 453. The summed E-state index contributed by atoms with van der Waals surface area (Å²) in [5.41, 5.74) is 0.283. The van der Waals surface area contributed by atoms with E-state index >= 15 is 0 Å². The highest BCUT2D eigenvalue weighted by molar-refractivity contribution is 7.90. The molecule has 90 valence electrons. The second kappa shape index (κ2) is 4.88. The van der Waals surface area contributed by atoms with E-state index < -0.39 is 27.5 Å². The molecule has 0 aromatic heterocycles. The van der Waals surface area contributed by atoms with Gasteiger partial charge >= 0.3 is 0 Å². The van der Waals surface area contributed by atoms with Crippen molar-refractivity contribution in [1.29, 1.82) is 0 Å². The molecule has 0 aliphatic rings. The molecule has 0 amide bonds. The molecule has 1 rings (SSSR count). The summed E-state index contributed by atoms with van der Waals surface area (Å²) in [7, 11) is -1.68. The van der Waals surface area contributed by atoms with Crippen LogP contribution in [0.4, 0.5) is 8.78 Å². The van der Waals surface area contributed by atoms with Crippen molar-refractivity contribution in [2.24, 2.45) is 0 Å². The fourth-order valence-electron chi connectivity index (χ4n) is 1.43. The smallest absolute Gasteiger partial charge is 0.149 e. The van der Waals surface area contributed by atoms with E-state index in [1.165, 1.54) is 0 Å². The summed E-state index contributed by atoms with van der Waals surface area (Å²) in [5.74, 6) is -1.64. The van der Waals surface area contributed by atoms with Gasteiger partial charge < -0.3 is 5.32 Å². The zero-order valence-electron chi connectivity index (χ0n) is 9.00. The van der Waals surface area contributed by atoms with Gasteiger partial charge in [-0.25, -0.2) is 17.2 Å². The molecule has 0 spiro atoms. The molecule has 1 aromatic rings. The van der Waals surface area contributed by atoms with E-state index in [9.17, 15) is 17.2 Å². The molecule has 0 radical (unpaired) electrons. The van der Waals surface area contributed by atoms with Crippen LogP contribution >= 0.6 is 0 Å². The van der Waals surface area contributed by atoms with E-state index in [1.54, 1.807) is 7.05 Å². The van der Waals surface area contributed by atoms with Crippen LogP contribution in [-0.4, -0.2) is 27.5 Å². The Kier molecular flexibility index (Phi) is 3.98. The molecule has 0 fully saturated rings. The van der Waals surface area contributed by atoms with Crippen molar-refractivity contribution in [3.05, 3.63) is 35.4 Å². The van der Waals surface area contributed by atoms with Gasteiger partial charge in [0.25, 0.3) is 0 Å². The number of benzene rings is 1. The lowest BCUT2D eigenvalue weighted by Gasteiger charge is -2.15. The number of hydrogen-bond acceptors (Lipinski definition) is 3. The molecule has 0 aliphatic carbocycles. The van der Waals surface area contributed by atoms with Crippen LogP contribution in [-0.2, 0) is 9.84 Å². The molecule has 1 atom stereocenters. The maximum absolute atomic E-state index is 12.9. The van der Waals surface area contributed by atoms with Crippen LogP contribution in [0.3, 0.4) is 0 Å². The van der Waals surface area contributed by atoms with Gasteiger partial charge in [0.2, 0.25) is 0 Å². The second-order valence-corrected chi connectivity index (χ2v) is 5.82. The van der Waals surface area contributed by atoms with Crippen LogP contribution in [0, 0.1) is 11.6 Å². The second-order valence-electron chi connectivity index (χ2n) is 3.64. The lowest BCUT2D eigenvalue weighted by atomic mass is 10.1. The number of sulfone groups is 1. The van der Waals surface area contributed by atoms with E-state index in [4.69, 9.17) is 0 Å². The molecule has 0 saturated carbocycles. The van der Waals surface area contributed by atoms with Crippen LogP contribution in [0.25, 0.3) is 0 Å². The zero-order chi connectivity index (χ0) is 12.3. The molecule has 0 saturated heterocycles. The summed E-state index contributed by atoms with van der Waals surface area (Å²) in [6, 6.07) is 2.38. The number of halogens is 2. The van der Waals surface area contributed by atoms with Gasteiger partial charge in [-0.3, -0.25) is 0 Å². The van der Waals surface area contributed by atoms with Gasteiger partial charge in [0, 0.05) is 18.4 Å². The van der Waals surface area contributed by atoms with Gasteiger partial charge in [0.15, 0.2) is 0 Å². The minimum Gasteiger partial charge on any atom is -0.312 e. The van der Waals surface area contributed by atoms with E-state index in [-0.39, 0.29) is 11.3 Å². The van der Waals surface area contributed by atoms with E-state index in [1.807, 2.05) is 0 Å². The fraction of sp³-hybridized carbons (Fsp3) is 0.400. The maximum Gasteiger partial charge on any atom is 0.149 e. The van der Waals surface area contributed by atoms with Gasteiger partial charge in [0.1, 0.15) is 21.5 Å². The van der Waals surface area contributed by atoms with Gasteiger partial charge in [-0.15, -0.1) is 0 Å². The molecule has 3 nitrogen and oxygen atoms in total. The summed E-state index contributed by atoms with van der Waals surface area (Å²) in [4.78, 5) is 0. The Morgan fingerprint density at radius 3 is 2.12 bits per heavy atom. The van der Waals surface area contributed by atoms with Crippen molar-refractivity contribution < 1.29 is 17.2 Å². The first-order chi connectivity index (χ1) is 7.31. The molecule has 0 aliphatic heterocycles. The van der Waals surface area contributed by atoms with Crippen LogP contribution in [0.2, 0.25) is 0 Å². The summed E-state index contributed by atoms with van der Waals surface area (Å²) < 4.78 is 48.1. The third-order valence-corrected chi connectivity index (χ3v) is 3.04. The monoisotopic (exact) mass is 249 g/mol. The van der Waals surface area contributed by atoms with Crippen molar-refractivity contribution in [2.45, 2.75) is 6.04 Å². The fourth-order valence-corrected chi connectivity index (χ4v) is 2.39. The highest BCUT2D eigenvalue weighted by Gasteiger charge is 2.17. The SMILES string of the molecule is CNC(CS(C)(=O)=O)c1cc(F)cc(F)c1. The topological polar surface area (TPSA) is 46.2 Å². The van der Waals surface area contributed by atoms with E-state index in [2.05, 4.69) is 5.32 Å². The van der Waals surface area contributed by atoms with Crippen molar-refractivity contribution in [1.82, 2.24) is 5.32 Å². The average molecular weight is 249 g/mol.